The third-order valence-electron chi connectivity index (χ3n) is 3.36. The SMILES string of the molecule is Cl.O[C@@H]1CCC[C@@]12CCCNC2. The van der Waals surface area contributed by atoms with E-state index in [1.807, 2.05) is 0 Å². The highest BCUT2D eigenvalue weighted by atomic mass is 35.5. The van der Waals surface area contributed by atoms with Gasteiger partial charge in [-0.1, -0.05) is 6.42 Å². The average Bonchev–Trinajstić information content (AvgIpc) is 2.36. The van der Waals surface area contributed by atoms with Gasteiger partial charge in [0.25, 0.3) is 0 Å². The van der Waals surface area contributed by atoms with E-state index in [0.29, 0.717) is 0 Å². The largest absolute Gasteiger partial charge is 0.393 e. The summed E-state index contributed by atoms with van der Waals surface area (Å²) in [5, 5.41) is 13.2. The maximum absolute atomic E-state index is 9.76. The van der Waals surface area contributed by atoms with Crippen LogP contribution in [0.3, 0.4) is 0 Å². The van der Waals surface area contributed by atoms with Crippen LogP contribution < -0.4 is 5.32 Å². The molecule has 2 rings (SSSR count). The van der Waals surface area contributed by atoms with Crippen LogP contribution in [0.25, 0.3) is 0 Å². The molecule has 1 spiro atoms. The highest BCUT2D eigenvalue weighted by Gasteiger charge is 2.42. The molecule has 1 heterocycles. The normalized spacial score (nSPS) is 41.2. The Balaban J connectivity index is 0.000000720. The van der Waals surface area contributed by atoms with E-state index in [2.05, 4.69) is 5.32 Å². The van der Waals surface area contributed by atoms with Crippen molar-refractivity contribution in [3.05, 3.63) is 0 Å². The van der Waals surface area contributed by atoms with Gasteiger partial charge in [-0.05, 0) is 32.2 Å². The highest BCUT2D eigenvalue weighted by Crippen LogP contribution is 2.42. The Morgan fingerprint density at radius 1 is 1.25 bits per heavy atom. The van der Waals surface area contributed by atoms with Crippen molar-refractivity contribution in [1.29, 1.82) is 0 Å². The zero-order valence-corrected chi connectivity index (χ0v) is 8.20. The van der Waals surface area contributed by atoms with E-state index in [9.17, 15) is 5.11 Å². The predicted octanol–water partition coefficient (Wildman–Crippen LogP) is 1.32. The maximum Gasteiger partial charge on any atom is 0.0608 e. The lowest BCUT2D eigenvalue weighted by molar-refractivity contribution is 0.0335. The van der Waals surface area contributed by atoms with Gasteiger partial charge in [0.05, 0.1) is 6.10 Å². The lowest BCUT2D eigenvalue weighted by Crippen LogP contribution is -2.44. The second-order valence-electron chi connectivity index (χ2n) is 4.05. The molecule has 72 valence electrons. The Morgan fingerprint density at radius 2 is 2.00 bits per heavy atom. The third-order valence-corrected chi connectivity index (χ3v) is 3.36. The Labute approximate surface area is 80.1 Å². The summed E-state index contributed by atoms with van der Waals surface area (Å²) in [5.41, 5.74) is 0.276. The molecule has 0 unspecified atom stereocenters. The number of nitrogens with one attached hydrogen (secondary N) is 1. The van der Waals surface area contributed by atoms with Gasteiger partial charge < -0.3 is 10.4 Å². The summed E-state index contributed by atoms with van der Waals surface area (Å²) in [6.07, 6.45) is 5.96. The molecule has 1 saturated carbocycles. The molecule has 1 saturated heterocycles. The van der Waals surface area contributed by atoms with Crippen LogP contribution in [0.1, 0.15) is 32.1 Å². The first kappa shape index (κ1) is 10.3. The fraction of sp³-hybridized carbons (Fsp3) is 1.00. The highest BCUT2D eigenvalue weighted by molar-refractivity contribution is 5.85. The Hall–Kier alpha value is 0.210. The minimum Gasteiger partial charge on any atom is -0.393 e. The van der Waals surface area contributed by atoms with Crippen LogP contribution in [0, 0.1) is 5.41 Å². The molecule has 1 aliphatic carbocycles. The van der Waals surface area contributed by atoms with E-state index in [1.165, 1.54) is 25.7 Å². The number of piperidine rings is 1. The van der Waals surface area contributed by atoms with Gasteiger partial charge in [0.1, 0.15) is 0 Å². The van der Waals surface area contributed by atoms with E-state index >= 15 is 0 Å². The number of aliphatic hydroxyl groups is 1. The summed E-state index contributed by atoms with van der Waals surface area (Å²) < 4.78 is 0. The molecule has 2 aliphatic rings. The minimum atomic E-state index is -0.0182. The van der Waals surface area contributed by atoms with Crippen molar-refractivity contribution < 1.29 is 5.11 Å². The molecule has 0 bridgehead atoms. The topological polar surface area (TPSA) is 32.3 Å². The molecule has 3 heteroatoms. The zero-order valence-electron chi connectivity index (χ0n) is 7.38. The van der Waals surface area contributed by atoms with Gasteiger partial charge in [-0.3, -0.25) is 0 Å². The number of aliphatic hydroxyl groups excluding tert-OH is 1. The first-order valence-electron chi connectivity index (χ1n) is 4.72. The van der Waals surface area contributed by atoms with Crippen molar-refractivity contribution in [2.45, 2.75) is 38.2 Å². The van der Waals surface area contributed by atoms with Crippen molar-refractivity contribution in [2.24, 2.45) is 5.41 Å². The molecule has 2 nitrogen and oxygen atoms in total. The van der Waals surface area contributed by atoms with Crippen LogP contribution in [-0.4, -0.2) is 24.3 Å². The molecule has 0 aromatic heterocycles. The standard InChI is InChI=1S/C9H17NO.ClH/c11-8-3-1-4-9(8)5-2-6-10-7-9;/h8,10-11H,1-7H2;1H/t8-,9+;/m1./s1. The van der Waals surface area contributed by atoms with Gasteiger partial charge in [-0.2, -0.15) is 0 Å². The number of rotatable bonds is 0. The van der Waals surface area contributed by atoms with Crippen LogP contribution in [0.15, 0.2) is 0 Å². The van der Waals surface area contributed by atoms with E-state index in [1.54, 1.807) is 0 Å². The van der Waals surface area contributed by atoms with E-state index in [0.717, 1.165) is 19.5 Å². The minimum absolute atomic E-state index is 0. The summed E-state index contributed by atoms with van der Waals surface area (Å²) in [6.45, 7) is 2.20. The summed E-state index contributed by atoms with van der Waals surface area (Å²) in [6, 6.07) is 0. The predicted molar refractivity (Wildman–Crippen MR) is 51.6 cm³/mol. The third kappa shape index (κ3) is 1.61. The van der Waals surface area contributed by atoms with E-state index in [-0.39, 0.29) is 23.9 Å². The lowest BCUT2D eigenvalue weighted by atomic mass is 9.77. The molecule has 2 N–H and O–H groups in total. The quantitative estimate of drug-likeness (QED) is 0.606. The molecule has 0 aromatic rings. The van der Waals surface area contributed by atoms with Crippen LogP contribution in [0.4, 0.5) is 0 Å². The van der Waals surface area contributed by atoms with Gasteiger partial charge >= 0.3 is 0 Å². The number of hydrogen-bond acceptors (Lipinski definition) is 2. The van der Waals surface area contributed by atoms with Gasteiger partial charge in [-0.15, -0.1) is 12.4 Å². The van der Waals surface area contributed by atoms with E-state index in [4.69, 9.17) is 0 Å². The summed E-state index contributed by atoms with van der Waals surface area (Å²) in [7, 11) is 0. The van der Waals surface area contributed by atoms with Crippen LogP contribution in [0.5, 0.6) is 0 Å². The number of hydrogen-bond donors (Lipinski definition) is 2. The molecule has 1 aliphatic heterocycles. The molecule has 2 atom stereocenters. The van der Waals surface area contributed by atoms with Crippen molar-refractivity contribution in [3.63, 3.8) is 0 Å². The first-order chi connectivity index (χ1) is 5.33. The van der Waals surface area contributed by atoms with Crippen LogP contribution in [-0.2, 0) is 0 Å². The smallest absolute Gasteiger partial charge is 0.0608 e. The molecule has 0 amide bonds. The fourth-order valence-corrected chi connectivity index (χ4v) is 2.61. The molecule has 12 heavy (non-hydrogen) atoms. The average molecular weight is 192 g/mol. The second kappa shape index (κ2) is 3.95. The fourth-order valence-electron chi connectivity index (χ4n) is 2.61. The van der Waals surface area contributed by atoms with Crippen molar-refractivity contribution >= 4 is 12.4 Å². The van der Waals surface area contributed by atoms with Crippen molar-refractivity contribution in [2.75, 3.05) is 13.1 Å². The molecule has 2 fully saturated rings. The monoisotopic (exact) mass is 191 g/mol. The molecular formula is C9H18ClNO. The van der Waals surface area contributed by atoms with Crippen LogP contribution >= 0.6 is 12.4 Å². The van der Waals surface area contributed by atoms with Crippen LogP contribution in [0.2, 0.25) is 0 Å². The van der Waals surface area contributed by atoms with Crippen molar-refractivity contribution in [3.8, 4) is 0 Å². The van der Waals surface area contributed by atoms with Gasteiger partial charge in [0.15, 0.2) is 0 Å². The second-order valence-corrected chi connectivity index (χ2v) is 4.05. The zero-order chi connectivity index (χ0) is 7.73. The Bertz CT molecular complexity index is 145. The molecule has 0 aromatic carbocycles. The number of halogens is 1. The van der Waals surface area contributed by atoms with Gasteiger partial charge in [0.2, 0.25) is 0 Å². The summed E-state index contributed by atoms with van der Waals surface area (Å²) in [4.78, 5) is 0. The lowest BCUT2D eigenvalue weighted by Gasteiger charge is -2.36. The van der Waals surface area contributed by atoms with Crippen molar-refractivity contribution in [1.82, 2.24) is 5.32 Å². The Kier molecular flexibility index (Phi) is 3.38. The van der Waals surface area contributed by atoms with Gasteiger partial charge in [-0.25, -0.2) is 0 Å². The summed E-state index contributed by atoms with van der Waals surface area (Å²) >= 11 is 0. The maximum atomic E-state index is 9.76. The van der Waals surface area contributed by atoms with E-state index < -0.39 is 0 Å². The molecular weight excluding hydrogens is 174 g/mol. The molecule has 0 radical (unpaired) electrons. The van der Waals surface area contributed by atoms with Gasteiger partial charge in [0, 0.05) is 12.0 Å². The summed E-state index contributed by atoms with van der Waals surface area (Å²) in [5.74, 6) is 0. The Morgan fingerprint density at radius 3 is 2.50 bits per heavy atom. The first-order valence-corrected chi connectivity index (χ1v) is 4.72.